The predicted molar refractivity (Wildman–Crippen MR) is 61.0 cm³/mol. The predicted octanol–water partition coefficient (Wildman–Crippen LogP) is 2.25. The van der Waals surface area contributed by atoms with Crippen molar-refractivity contribution in [2.75, 3.05) is 6.54 Å². The molecule has 0 aromatic heterocycles. The Hall–Kier alpha value is -1.15. The van der Waals surface area contributed by atoms with E-state index in [1.54, 1.807) is 0 Å². The van der Waals surface area contributed by atoms with E-state index in [0.717, 1.165) is 13.0 Å². The summed E-state index contributed by atoms with van der Waals surface area (Å²) >= 11 is 0. The number of benzene rings is 1. The van der Waals surface area contributed by atoms with Gasteiger partial charge < -0.3 is 10.7 Å². The molecule has 0 saturated carbocycles. The van der Waals surface area contributed by atoms with Crippen LogP contribution in [0.3, 0.4) is 0 Å². The first-order chi connectivity index (χ1) is 6.70. The second-order valence-electron chi connectivity index (χ2n) is 3.59. The lowest BCUT2D eigenvalue weighted by Gasteiger charge is -2.11. The van der Waals surface area contributed by atoms with Gasteiger partial charge in [-0.1, -0.05) is 30.3 Å². The Labute approximate surface area is 85.9 Å². The molecule has 1 aromatic rings. The normalized spacial score (nSPS) is 12.4. The zero-order valence-electron chi connectivity index (χ0n) is 8.88. The average Bonchev–Trinajstić information content (AvgIpc) is 2.19. The first-order valence-electron chi connectivity index (χ1n) is 5.02. The molecule has 0 amide bonds. The summed E-state index contributed by atoms with van der Waals surface area (Å²) in [6, 6.07) is 10.6. The molecule has 1 atom stereocenters. The molecule has 14 heavy (non-hydrogen) atoms. The Morgan fingerprint density at radius 2 is 2.00 bits per heavy atom. The molecule has 2 N–H and O–H groups in total. The Morgan fingerprint density at radius 1 is 1.36 bits per heavy atom. The van der Waals surface area contributed by atoms with Gasteiger partial charge in [0.15, 0.2) is 0 Å². The summed E-state index contributed by atoms with van der Waals surface area (Å²) in [6.07, 6.45) is 1.03. The van der Waals surface area contributed by atoms with Crippen LogP contribution in [0.15, 0.2) is 30.3 Å². The van der Waals surface area contributed by atoms with Crippen molar-refractivity contribution in [2.45, 2.75) is 26.3 Å². The van der Waals surface area contributed by atoms with Gasteiger partial charge in [-0.05, 0) is 32.4 Å². The zero-order valence-corrected chi connectivity index (χ0v) is 8.88. The van der Waals surface area contributed by atoms with E-state index in [9.17, 15) is 0 Å². The molecule has 1 unspecified atom stereocenters. The lowest BCUT2D eigenvalue weighted by Crippen LogP contribution is -2.33. The van der Waals surface area contributed by atoms with Gasteiger partial charge in [0, 0.05) is 11.8 Å². The molecule has 0 aliphatic carbocycles. The molecular weight excluding hydrogens is 172 g/mol. The molecule has 0 saturated heterocycles. The van der Waals surface area contributed by atoms with Crippen molar-refractivity contribution in [3.63, 3.8) is 0 Å². The minimum absolute atomic E-state index is 0.193. The summed E-state index contributed by atoms with van der Waals surface area (Å²) in [5.41, 5.74) is 2.04. The maximum Gasteiger partial charge on any atom is 0.0416 e. The highest BCUT2D eigenvalue weighted by molar-refractivity contribution is 5.83. The van der Waals surface area contributed by atoms with Gasteiger partial charge in [-0.2, -0.15) is 0 Å². The van der Waals surface area contributed by atoms with Gasteiger partial charge in [0.25, 0.3) is 0 Å². The van der Waals surface area contributed by atoms with Gasteiger partial charge in [-0.15, -0.1) is 0 Å². The second kappa shape index (κ2) is 5.55. The van der Waals surface area contributed by atoms with Crippen molar-refractivity contribution in [2.24, 2.45) is 0 Å². The van der Waals surface area contributed by atoms with Crippen LogP contribution in [0, 0.1) is 5.41 Å². The van der Waals surface area contributed by atoms with E-state index in [1.165, 1.54) is 5.56 Å². The quantitative estimate of drug-likeness (QED) is 0.686. The third-order valence-corrected chi connectivity index (χ3v) is 2.36. The molecule has 2 nitrogen and oxygen atoms in total. The van der Waals surface area contributed by atoms with Gasteiger partial charge >= 0.3 is 0 Å². The molecule has 1 rings (SSSR count). The standard InChI is InChI=1S/C12H18N2/c1-10(13)11(2)14-9-8-12-6-4-3-5-7-12/h3-7,11,13-14H,8-9H2,1-2H3. The summed E-state index contributed by atoms with van der Waals surface area (Å²) in [5.74, 6) is 0. The topological polar surface area (TPSA) is 35.9 Å². The minimum atomic E-state index is 0.193. The van der Waals surface area contributed by atoms with Crippen molar-refractivity contribution in [3.8, 4) is 0 Å². The Bertz CT molecular complexity index is 280. The van der Waals surface area contributed by atoms with Crippen LogP contribution in [0.5, 0.6) is 0 Å². The zero-order chi connectivity index (χ0) is 10.4. The number of hydrogen-bond acceptors (Lipinski definition) is 2. The molecule has 2 heteroatoms. The fraction of sp³-hybridized carbons (Fsp3) is 0.417. The highest BCUT2D eigenvalue weighted by Gasteiger charge is 2.01. The van der Waals surface area contributed by atoms with Gasteiger partial charge in [0.05, 0.1) is 0 Å². The van der Waals surface area contributed by atoms with E-state index in [2.05, 4.69) is 29.6 Å². The van der Waals surface area contributed by atoms with Crippen molar-refractivity contribution in [1.29, 1.82) is 5.41 Å². The van der Waals surface area contributed by atoms with E-state index < -0.39 is 0 Å². The molecule has 76 valence electrons. The molecule has 0 fully saturated rings. The molecule has 0 aliphatic heterocycles. The molecule has 0 spiro atoms. The van der Waals surface area contributed by atoms with Gasteiger partial charge in [0.2, 0.25) is 0 Å². The fourth-order valence-corrected chi connectivity index (χ4v) is 1.23. The third kappa shape index (κ3) is 3.71. The largest absolute Gasteiger partial charge is 0.309 e. The van der Waals surface area contributed by atoms with E-state index in [-0.39, 0.29) is 6.04 Å². The second-order valence-corrected chi connectivity index (χ2v) is 3.59. The lowest BCUT2D eigenvalue weighted by atomic mass is 10.1. The Balaban J connectivity index is 2.26. The summed E-state index contributed by atoms with van der Waals surface area (Å²) < 4.78 is 0. The molecular formula is C12H18N2. The Kier molecular flexibility index (Phi) is 4.33. The van der Waals surface area contributed by atoms with Crippen molar-refractivity contribution < 1.29 is 0 Å². The van der Waals surface area contributed by atoms with Crippen LogP contribution >= 0.6 is 0 Å². The average molecular weight is 190 g/mol. The third-order valence-electron chi connectivity index (χ3n) is 2.36. The van der Waals surface area contributed by atoms with Gasteiger partial charge in [-0.3, -0.25) is 0 Å². The highest BCUT2D eigenvalue weighted by Crippen LogP contribution is 1.98. The van der Waals surface area contributed by atoms with Gasteiger partial charge in [0.1, 0.15) is 0 Å². The lowest BCUT2D eigenvalue weighted by molar-refractivity contribution is 0.651. The molecule has 1 aromatic carbocycles. The molecule has 0 heterocycles. The summed E-state index contributed by atoms with van der Waals surface area (Å²) in [6.45, 7) is 4.79. The van der Waals surface area contributed by atoms with E-state index in [1.807, 2.05) is 19.9 Å². The summed E-state index contributed by atoms with van der Waals surface area (Å²) in [7, 11) is 0. The summed E-state index contributed by atoms with van der Waals surface area (Å²) in [4.78, 5) is 0. The minimum Gasteiger partial charge on any atom is -0.309 e. The van der Waals surface area contributed by atoms with Crippen LogP contribution in [0.4, 0.5) is 0 Å². The number of hydrogen-bond donors (Lipinski definition) is 2. The van der Waals surface area contributed by atoms with E-state index in [0.29, 0.717) is 5.71 Å². The van der Waals surface area contributed by atoms with Crippen molar-refractivity contribution in [1.82, 2.24) is 5.32 Å². The number of nitrogens with one attached hydrogen (secondary N) is 2. The van der Waals surface area contributed by atoms with Crippen LogP contribution in [0.1, 0.15) is 19.4 Å². The van der Waals surface area contributed by atoms with Crippen LogP contribution in [0.2, 0.25) is 0 Å². The van der Waals surface area contributed by atoms with E-state index >= 15 is 0 Å². The van der Waals surface area contributed by atoms with Crippen molar-refractivity contribution in [3.05, 3.63) is 35.9 Å². The monoisotopic (exact) mass is 190 g/mol. The SMILES string of the molecule is CC(=N)C(C)NCCc1ccccc1. The molecule has 0 radical (unpaired) electrons. The fourth-order valence-electron chi connectivity index (χ4n) is 1.23. The molecule has 0 aliphatic rings. The van der Waals surface area contributed by atoms with E-state index in [4.69, 9.17) is 5.41 Å². The Morgan fingerprint density at radius 3 is 2.57 bits per heavy atom. The van der Waals surface area contributed by atoms with Crippen molar-refractivity contribution >= 4 is 5.71 Å². The maximum atomic E-state index is 7.42. The molecule has 0 bridgehead atoms. The van der Waals surface area contributed by atoms with Crippen LogP contribution in [-0.2, 0) is 6.42 Å². The highest BCUT2D eigenvalue weighted by atomic mass is 14.9. The first kappa shape index (κ1) is 10.9. The first-order valence-corrected chi connectivity index (χ1v) is 5.02. The van der Waals surface area contributed by atoms with Crippen LogP contribution < -0.4 is 5.32 Å². The smallest absolute Gasteiger partial charge is 0.0416 e. The van der Waals surface area contributed by atoms with Gasteiger partial charge in [-0.25, -0.2) is 0 Å². The van der Waals surface area contributed by atoms with Crippen LogP contribution in [0.25, 0.3) is 0 Å². The maximum absolute atomic E-state index is 7.42. The number of rotatable bonds is 5. The van der Waals surface area contributed by atoms with Crippen LogP contribution in [-0.4, -0.2) is 18.3 Å². The summed E-state index contributed by atoms with van der Waals surface area (Å²) in [5, 5.41) is 10.7.